The van der Waals surface area contributed by atoms with Gasteiger partial charge in [0.25, 0.3) is 5.91 Å². The molecular formula is C15H22N2O4. The molecule has 0 aromatic carbocycles. The molecule has 0 unspecified atom stereocenters. The smallest absolute Gasteiger partial charge is 0.337 e. The first-order chi connectivity index (χ1) is 9.91. The number of rotatable bonds is 8. The molecule has 116 valence electrons. The van der Waals surface area contributed by atoms with E-state index in [0.717, 1.165) is 12.8 Å². The Morgan fingerprint density at radius 1 is 1.33 bits per heavy atom. The molecule has 6 nitrogen and oxygen atoms in total. The number of carboxylic acids is 1. The fourth-order valence-electron chi connectivity index (χ4n) is 1.75. The molecule has 0 aliphatic carbocycles. The summed E-state index contributed by atoms with van der Waals surface area (Å²) in [6.07, 6.45) is 1.92. The van der Waals surface area contributed by atoms with Crippen LogP contribution in [0.1, 0.15) is 53.2 Å². The van der Waals surface area contributed by atoms with Gasteiger partial charge in [-0.15, -0.1) is 0 Å². The van der Waals surface area contributed by atoms with Crippen LogP contribution in [0.15, 0.2) is 12.1 Å². The molecule has 6 heteroatoms. The first-order valence-electron chi connectivity index (χ1n) is 7.02. The third kappa shape index (κ3) is 5.91. The van der Waals surface area contributed by atoms with Crippen molar-refractivity contribution in [3.05, 3.63) is 29.1 Å². The average Bonchev–Trinajstić information content (AvgIpc) is 2.41. The average molecular weight is 294 g/mol. The first-order valence-corrected chi connectivity index (χ1v) is 7.02. The molecule has 0 fully saturated rings. The Morgan fingerprint density at radius 3 is 2.62 bits per heavy atom. The number of hydrogen-bond donors (Lipinski definition) is 2. The number of aromatic nitrogens is 1. The van der Waals surface area contributed by atoms with Crippen molar-refractivity contribution in [3.63, 3.8) is 0 Å². The van der Waals surface area contributed by atoms with Gasteiger partial charge in [0.05, 0.1) is 17.4 Å². The fourth-order valence-corrected chi connectivity index (χ4v) is 1.75. The van der Waals surface area contributed by atoms with E-state index in [1.807, 2.05) is 13.8 Å². The van der Waals surface area contributed by atoms with E-state index in [0.29, 0.717) is 18.8 Å². The van der Waals surface area contributed by atoms with Crippen molar-refractivity contribution < 1.29 is 19.4 Å². The van der Waals surface area contributed by atoms with E-state index in [4.69, 9.17) is 9.84 Å². The second-order valence-electron chi connectivity index (χ2n) is 5.02. The Hall–Kier alpha value is -1.95. The molecule has 1 amide bonds. The fraction of sp³-hybridized carbons (Fsp3) is 0.533. The largest absolute Gasteiger partial charge is 0.478 e. The van der Waals surface area contributed by atoms with Crippen LogP contribution in [0.3, 0.4) is 0 Å². The van der Waals surface area contributed by atoms with Crippen LogP contribution in [-0.4, -0.2) is 41.2 Å². The highest BCUT2D eigenvalue weighted by Gasteiger charge is 2.12. The molecule has 2 N–H and O–H groups in total. The van der Waals surface area contributed by atoms with E-state index in [9.17, 15) is 9.59 Å². The van der Waals surface area contributed by atoms with Crippen LogP contribution in [0.4, 0.5) is 0 Å². The number of amides is 1. The first kappa shape index (κ1) is 17.1. The molecule has 0 aliphatic heterocycles. The predicted molar refractivity (Wildman–Crippen MR) is 78.6 cm³/mol. The molecule has 1 heterocycles. The number of unbranched alkanes of at least 4 members (excludes halogenated alkanes) is 1. The zero-order valence-corrected chi connectivity index (χ0v) is 12.7. The number of nitrogens with one attached hydrogen (secondary N) is 1. The highest BCUT2D eigenvalue weighted by molar-refractivity contribution is 5.94. The van der Waals surface area contributed by atoms with Gasteiger partial charge in [0.1, 0.15) is 5.69 Å². The maximum atomic E-state index is 11.9. The molecule has 0 radical (unpaired) electrons. The summed E-state index contributed by atoms with van der Waals surface area (Å²) in [5.74, 6) is -1.34. The van der Waals surface area contributed by atoms with Crippen LogP contribution >= 0.6 is 0 Å². The summed E-state index contributed by atoms with van der Waals surface area (Å²) < 4.78 is 5.40. The number of ether oxygens (including phenoxy) is 1. The van der Waals surface area contributed by atoms with Crippen LogP contribution in [0.5, 0.6) is 0 Å². The molecule has 0 atom stereocenters. The molecule has 0 bridgehead atoms. The number of carbonyl (C=O) groups is 2. The van der Waals surface area contributed by atoms with Gasteiger partial charge in [-0.3, -0.25) is 4.79 Å². The lowest BCUT2D eigenvalue weighted by molar-refractivity contribution is 0.0694. The van der Waals surface area contributed by atoms with Crippen LogP contribution in [0.2, 0.25) is 0 Å². The zero-order valence-electron chi connectivity index (χ0n) is 12.7. The highest BCUT2D eigenvalue weighted by Crippen LogP contribution is 2.07. The summed E-state index contributed by atoms with van der Waals surface area (Å²) in [6, 6.07) is 2.82. The minimum Gasteiger partial charge on any atom is -0.478 e. The molecule has 0 saturated heterocycles. The second-order valence-corrected chi connectivity index (χ2v) is 5.02. The van der Waals surface area contributed by atoms with Crippen LogP contribution in [0.25, 0.3) is 0 Å². The van der Waals surface area contributed by atoms with Gasteiger partial charge >= 0.3 is 5.97 Å². The van der Waals surface area contributed by atoms with E-state index in [1.54, 1.807) is 6.92 Å². The molecule has 0 aliphatic rings. The summed E-state index contributed by atoms with van der Waals surface area (Å²) in [6.45, 7) is 6.76. The lowest BCUT2D eigenvalue weighted by Gasteiger charge is -2.08. The van der Waals surface area contributed by atoms with Gasteiger partial charge in [-0.25, -0.2) is 9.78 Å². The number of pyridine rings is 1. The Balaban J connectivity index is 2.39. The topological polar surface area (TPSA) is 88.5 Å². The SMILES string of the molecule is Cc1nc(C(=O)NCCCCOC(C)C)ccc1C(=O)O. The number of hydrogen-bond acceptors (Lipinski definition) is 4. The van der Waals surface area contributed by atoms with Crippen molar-refractivity contribution in [2.45, 2.75) is 39.7 Å². The molecule has 21 heavy (non-hydrogen) atoms. The Morgan fingerprint density at radius 2 is 2.05 bits per heavy atom. The molecule has 1 aromatic heterocycles. The van der Waals surface area contributed by atoms with Crippen molar-refractivity contribution in [1.29, 1.82) is 0 Å². The van der Waals surface area contributed by atoms with Gasteiger partial charge in [0.2, 0.25) is 0 Å². The Labute approximate surface area is 124 Å². The lowest BCUT2D eigenvalue weighted by Crippen LogP contribution is -2.26. The minimum atomic E-state index is -1.04. The summed E-state index contributed by atoms with van der Waals surface area (Å²) in [5.41, 5.74) is 0.675. The molecule has 1 aromatic rings. The Kier molecular flexibility index (Phi) is 6.81. The van der Waals surface area contributed by atoms with Crippen molar-refractivity contribution in [2.24, 2.45) is 0 Å². The molecule has 0 spiro atoms. The van der Waals surface area contributed by atoms with Crippen molar-refractivity contribution >= 4 is 11.9 Å². The van der Waals surface area contributed by atoms with Crippen LogP contribution in [0, 0.1) is 6.92 Å². The van der Waals surface area contributed by atoms with Gasteiger partial charge in [0.15, 0.2) is 0 Å². The lowest BCUT2D eigenvalue weighted by atomic mass is 10.2. The third-order valence-corrected chi connectivity index (χ3v) is 2.86. The molecule has 0 saturated carbocycles. The monoisotopic (exact) mass is 294 g/mol. The summed E-state index contributed by atoms with van der Waals surface area (Å²) in [5, 5.41) is 11.7. The van der Waals surface area contributed by atoms with Crippen molar-refractivity contribution in [3.8, 4) is 0 Å². The zero-order chi connectivity index (χ0) is 15.8. The number of carbonyl (C=O) groups excluding carboxylic acids is 1. The highest BCUT2D eigenvalue weighted by atomic mass is 16.5. The number of aryl methyl sites for hydroxylation is 1. The summed E-state index contributed by atoms with van der Waals surface area (Å²) in [7, 11) is 0. The number of aromatic carboxylic acids is 1. The molecular weight excluding hydrogens is 272 g/mol. The van der Waals surface area contributed by atoms with Gasteiger partial charge in [0, 0.05) is 13.2 Å². The maximum absolute atomic E-state index is 11.9. The summed E-state index contributed by atoms with van der Waals surface area (Å²) in [4.78, 5) is 26.8. The Bertz CT molecular complexity index is 500. The van der Waals surface area contributed by atoms with Gasteiger partial charge in [-0.1, -0.05) is 0 Å². The normalized spacial score (nSPS) is 10.7. The number of nitrogens with zero attached hydrogens (tertiary/aromatic N) is 1. The van der Waals surface area contributed by atoms with Gasteiger partial charge in [-0.05, 0) is 45.7 Å². The quantitative estimate of drug-likeness (QED) is 0.716. The number of carboxylic acid groups (broad SMARTS) is 1. The van der Waals surface area contributed by atoms with E-state index in [-0.39, 0.29) is 23.3 Å². The summed E-state index contributed by atoms with van der Waals surface area (Å²) >= 11 is 0. The third-order valence-electron chi connectivity index (χ3n) is 2.86. The van der Waals surface area contributed by atoms with Crippen molar-refractivity contribution in [1.82, 2.24) is 10.3 Å². The maximum Gasteiger partial charge on any atom is 0.337 e. The van der Waals surface area contributed by atoms with E-state index in [2.05, 4.69) is 10.3 Å². The molecule has 1 rings (SSSR count). The van der Waals surface area contributed by atoms with E-state index < -0.39 is 5.97 Å². The standard InChI is InChI=1S/C15H22N2O4/c1-10(2)21-9-5-4-8-16-14(18)13-7-6-12(15(19)20)11(3)17-13/h6-7,10H,4-5,8-9H2,1-3H3,(H,16,18)(H,19,20). The van der Waals surface area contributed by atoms with Gasteiger partial charge < -0.3 is 15.2 Å². The van der Waals surface area contributed by atoms with Crippen molar-refractivity contribution in [2.75, 3.05) is 13.2 Å². The predicted octanol–water partition coefficient (Wildman–Crippen LogP) is 2.02. The minimum absolute atomic E-state index is 0.109. The van der Waals surface area contributed by atoms with E-state index >= 15 is 0 Å². The van der Waals surface area contributed by atoms with E-state index in [1.165, 1.54) is 12.1 Å². The van der Waals surface area contributed by atoms with Gasteiger partial charge in [-0.2, -0.15) is 0 Å². The van der Waals surface area contributed by atoms with Crippen LogP contribution in [-0.2, 0) is 4.74 Å². The van der Waals surface area contributed by atoms with Crippen LogP contribution < -0.4 is 5.32 Å². The second kappa shape index (κ2) is 8.36.